The van der Waals surface area contributed by atoms with Crippen LogP contribution in [0, 0.1) is 0 Å². The van der Waals surface area contributed by atoms with Crippen molar-refractivity contribution in [2.75, 3.05) is 11.9 Å². The maximum Gasteiger partial charge on any atom is 0.247 e. The zero-order valence-electron chi connectivity index (χ0n) is 14.8. The molecule has 0 aliphatic rings. The number of nitrogens with two attached hydrogens (primary N) is 1. The lowest BCUT2D eigenvalue weighted by molar-refractivity contribution is 0.469. The lowest BCUT2D eigenvalue weighted by atomic mass is 10.1. The van der Waals surface area contributed by atoms with E-state index in [2.05, 4.69) is 22.4 Å². The monoisotopic (exact) mass is 388 g/mol. The summed E-state index contributed by atoms with van der Waals surface area (Å²) in [5, 5.41) is 16.1. The van der Waals surface area contributed by atoms with Crippen molar-refractivity contribution in [3.8, 4) is 23.0 Å². The topological polar surface area (TPSA) is 120 Å². The van der Waals surface area contributed by atoms with Crippen molar-refractivity contribution in [3.63, 3.8) is 0 Å². The summed E-state index contributed by atoms with van der Waals surface area (Å²) in [6.45, 7) is 2.70. The van der Waals surface area contributed by atoms with Crippen LogP contribution in [-0.4, -0.2) is 25.2 Å². The highest BCUT2D eigenvalue weighted by atomic mass is 32.2. The molecule has 0 atom stereocenters. The van der Waals surface area contributed by atoms with Crippen molar-refractivity contribution < 1.29 is 17.6 Å². The minimum Gasteiger partial charge on any atom is -0.454 e. The molecule has 0 amide bonds. The van der Waals surface area contributed by atoms with Crippen molar-refractivity contribution in [1.29, 1.82) is 0 Å². The first-order chi connectivity index (χ1) is 13.0. The predicted octanol–water partition coefficient (Wildman–Crippen LogP) is 3.39. The normalized spacial score (nSPS) is 11.3. The Morgan fingerprint density at radius 3 is 2.63 bits per heavy atom. The largest absolute Gasteiger partial charge is 0.454 e. The first kappa shape index (κ1) is 18.9. The van der Waals surface area contributed by atoms with Gasteiger partial charge in [-0.05, 0) is 30.7 Å². The van der Waals surface area contributed by atoms with E-state index in [1.54, 1.807) is 30.3 Å². The second-order valence-corrected chi connectivity index (χ2v) is 7.37. The Morgan fingerprint density at radius 1 is 1.22 bits per heavy atom. The number of benzene rings is 2. The van der Waals surface area contributed by atoms with E-state index in [1.807, 2.05) is 6.07 Å². The first-order valence-electron chi connectivity index (χ1n) is 8.43. The third kappa shape index (κ3) is 4.63. The van der Waals surface area contributed by atoms with Crippen molar-refractivity contribution in [2.45, 2.75) is 24.7 Å². The number of nitrogens with one attached hydrogen (secondary N) is 1. The van der Waals surface area contributed by atoms with Gasteiger partial charge in [-0.15, -0.1) is 10.2 Å². The number of hydrogen-bond acceptors (Lipinski definition) is 7. The number of hydrogen-bond donors (Lipinski definition) is 2. The van der Waals surface area contributed by atoms with Crippen LogP contribution in [0.25, 0.3) is 11.5 Å². The van der Waals surface area contributed by atoms with Crippen LogP contribution in [0.1, 0.15) is 19.8 Å². The maximum atomic E-state index is 12.3. The Hall–Kier alpha value is -2.91. The zero-order chi connectivity index (χ0) is 19.3. The first-order valence-corrected chi connectivity index (χ1v) is 9.98. The number of rotatable bonds is 8. The van der Waals surface area contributed by atoms with Crippen molar-refractivity contribution in [3.05, 3.63) is 48.9 Å². The van der Waals surface area contributed by atoms with E-state index in [-0.39, 0.29) is 16.5 Å². The fourth-order valence-electron chi connectivity index (χ4n) is 2.48. The van der Waals surface area contributed by atoms with Crippen LogP contribution in [-0.2, 0) is 10.0 Å². The Balaban J connectivity index is 2.14. The van der Waals surface area contributed by atoms with Crippen LogP contribution in [0.15, 0.2) is 58.2 Å². The number of para-hydroxylation sites is 1. The molecule has 27 heavy (non-hydrogen) atoms. The van der Waals surface area contributed by atoms with Crippen LogP contribution in [0.5, 0.6) is 11.5 Å². The predicted molar refractivity (Wildman–Crippen MR) is 101 cm³/mol. The third-order valence-electron chi connectivity index (χ3n) is 3.78. The third-order valence-corrected chi connectivity index (χ3v) is 4.69. The van der Waals surface area contributed by atoms with Gasteiger partial charge in [-0.25, -0.2) is 13.6 Å². The SMILES string of the molecule is CCCCNc1cc(-c2nnco2)cc(S(N)(=O)=O)c1Oc1ccccc1. The molecule has 0 aliphatic heterocycles. The van der Waals surface area contributed by atoms with Crippen molar-refractivity contribution in [2.24, 2.45) is 5.14 Å². The van der Waals surface area contributed by atoms with Crippen molar-refractivity contribution in [1.82, 2.24) is 10.2 Å². The molecule has 3 aromatic rings. The minimum absolute atomic E-state index is 0.128. The number of primary sulfonamides is 1. The second kappa shape index (κ2) is 8.19. The lowest BCUT2D eigenvalue weighted by Crippen LogP contribution is -2.15. The number of anilines is 1. The van der Waals surface area contributed by atoms with Gasteiger partial charge in [0.1, 0.15) is 10.6 Å². The summed E-state index contributed by atoms with van der Waals surface area (Å²) < 4.78 is 35.6. The molecular formula is C18H20N4O4S. The number of unbranched alkanes of at least 4 members (excludes halogenated alkanes) is 1. The summed E-state index contributed by atoms with van der Waals surface area (Å²) in [6, 6.07) is 12.0. The molecule has 1 heterocycles. The van der Waals surface area contributed by atoms with E-state index in [9.17, 15) is 8.42 Å². The van der Waals surface area contributed by atoms with Gasteiger partial charge in [-0.3, -0.25) is 0 Å². The summed E-state index contributed by atoms with van der Waals surface area (Å²) in [7, 11) is -4.08. The van der Waals surface area contributed by atoms with Gasteiger partial charge in [0.15, 0.2) is 5.75 Å². The fourth-order valence-corrected chi connectivity index (χ4v) is 3.18. The van der Waals surface area contributed by atoms with Crippen molar-refractivity contribution >= 4 is 15.7 Å². The molecule has 2 aromatic carbocycles. The lowest BCUT2D eigenvalue weighted by Gasteiger charge is -2.17. The van der Waals surface area contributed by atoms with E-state index in [4.69, 9.17) is 14.3 Å². The van der Waals surface area contributed by atoms with Crippen LogP contribution in [0.3, 0.4) is 0 Å². The van der Waals surface area contributed by atoms with Crippen LogP contribution >= 0.6 is 0 Å². The van der Waals surface area contributed by atoms with Crippen LogP contribution in [0.2, 0.25) is 0 Å². The molecule has 1 aromatic heterocycles. The van der Waals surface area contributed by atoms with Crippen LogP contribution < -0.4 is 15.2 Å². The molecule has 3 N–H and O–H groups in total. The second-order valence-electron chi connectivity index (χ2n) is 5.84. The Kier molecular flexibility index (Phi) is 5.72. The highest BCUT2D eigenvalue weighted by Crippen LogP contribution is 2.39. The number of aromatic nitrogens is 2. The molecule has 0 spiro atoms. The standard InChI is InChI=1S/C18H20N4O4S/c1-2-3-9-20-15-10-13(18-22-21-12-25-18)11-16(27(19,23)24)17(15)26-14-7-5-4-6-8-14/h4-8,10-12,20H,2-3,9H2,1H3,(H2,19,23,24). The summed E-state index contributed by atoms with van der Waals surface area (Å²) >= 11 is 0. The number of nitrogens with zero attached hydrogens (tertiary/aromatic N) is 2. The van der Waals surface area contributed by atoms with Crippen LogP contribution in [0.4, 0.5) is 5.69 Å². The van der Waals surface area contributed by atoms with E-state index in [0.717, 1.165) is 12.8 Å². The molecule has 0 radical (unpaired) electrons. The molecule has 0 saturated carbocycles. The fraction of sp³-hybridized carbons (Fsp3) is 0.222. The zero-order valence-corrected chi connectivity index (χ0v) is 15.6. The van der Waals surface area contributed by atoms with Gasteiger partial charge in [-0.2, -0.15) is 0 Å². The van der Waals surface area contributed by atoms with Gasteiger partial charge < -0.3 is 14.5 Å². The Bertz CT molecular complexity index is 990. The minimum atomic E-state index is -4.08. The highest BCUT2D eigenvalue weighted by Gasteiger charge is 2.23. The molecule has 0 aliphatic carbocycles. The molecule has 8 nitrogen and oxygen atoms in total. The van der Waals surface area contributed by atoms with E-state index in [0.29, 0.717) is 23.5 Å². The molecule has 9 heteroatoms. The Morgan fingerprint density at radius 2 is 2.00 bits per heavy atom. The molecule has 0 unspecified atom stereocenters. The maximum absolute atomic E-state index is 12.3. The van der Waals surface area contributed by atoms with E-state index in [1.165, 1.54) is 12.5 Å². The molecule has 142 valence electrons. The molecular weight excluding hydrogens is 368 g/mol. The summed E-state index contributed by atoms with van der Waals surface area (Å²) in [4.78, 5) is -0.166. The van der Waals surface area contributed by atoms with Gasteiger partial charge in [0.25, 0.3) is 0 Å². The van der Waals surface area contributed by atoms with E-state index < -0.39 is 10.0 Å². The average Bonchev–Trinajstić information content (AvgIpc) is 3.17. The number of ether oxygens (including phenoxy) is 1. The number of sulfonamides is 1. The van der Waals surface area contributed by atoms with E-state index >= 15 is 0 Å². The van der Waals surface area contributed by atoms with Gasteiger partial charge in [0.05, 0.1) is 5.69 Å². The summed E-state index contributed by atoms with van der Waals surface area (Å²) in [5.41, 5.74) is 0.906. The molecule has 0 fully saturated rings. The smallest absolute Gasteiger partial charge is 0.247 e. The molecule has 0 saturated heterocycles. The average molecular weight is 388 g/mol. The highest BCUT2D eigenvalue weighted by molar-refractivity contribution is 7.89. The molecule has 3 rings (SSSR count). The quantitative estimate of drug-likeness (QED) is 0.567. The van der Waals surface area contributed by atoms with Gasteiger partial charge in [-0.1, -0.05) is 31.5 Å². The van der Waals surface area contributed by atoms with Gasteiger partial charge >= 0.3 is 0 Å². The Labute approximate surface area is 157 Å². The summed E-state index contributed by atoms with van der Waals surface area (Å²) in [5.74, 6) is 0.805. The summed E-state index contributed by atoms with van der Waals surface area (Å²) in [6.07, 6.45) is 3.05. The van der Waals surface area contributed by atoms with Gasteiger partial charge in [0.2, 0.25) is 22.3 Å². The molecule has 0 bridgehead atoms. The van der Waals surface area contributed by atoms with Gasteiger partial charge in [0, 0.05) is 12.1 Å².